The third-order valence-corrected chi connectivity index (χ3v) is 6.87. The first-order valence-electron chi connectivity index (χ1n) is 9.95. The number of hydrogen-bond donors (Lipinski definition) is 2. The highest BCUT2D eigenvalue weighted by atomic mass is 35.5. The SMILES string of the molecule is O=C(OCC(=O)c1c[nH]c2ccccc12)c1ccc(Cl)c(S(=O)(=O)NCc2ccccc2)c1. The summed E-state index contributed by atoms with van der Waals surface area (Å²) in [4.78, 5) is 27.8. The number of aromatic nitrogens is 1. The van der Waals surface area contributed by atoms with Crippen molar-refractivity contribution in [2.45, 2.75) is 11.4 Å². The van der Waals surface area contributed by atoms with Gasteiger partial charge in [0.05, 0.1) is 10.6 Å². The molecule has 0 aliphatic carbocycles. The maximum absolute atomic E-state index is 12.7. The van der Waals surface area contributed by atoms with E-state index in [0.29, 0.717) is 5.56 Å². The third-order valence-electron chi connectivity index (χ3n) is 4.99. The molecule has 0 aliphatic rings. The summed E-state index contributed by atoms with van der Waals surface area (Å²) in [5.74, 6) is -1.22. The molecule has 33 heavy (non-hydrogen) atoms. The van der Waals surface area contributed by atoms with E-state index in [-0.39, 0.29) is 27.8 Å². The van der Waals surface area contributed by atoms with Crippen LogP contribution in [0.25, 0.3) is 10.9 Å². The Morgan fingerprint density at radius 1 is 0.970 bits per heavy atom. The van der Waals surface area contributed by atoms with Crippen LogP contribution in [0.5, 0.6) is 0 Å². The van der Waals surface area contributed by atoms with E-state index in [1.807, 2.05) is 18.2 Å². The number of rotatable bonds is 8. The van der Waals surface area contributed by atoms with Crippen LogP contribution in [0.15, 0.2) is 83.9 Å². The number of ketones is 1. The molecule has 9 heteroatoms. The van der Waals surface area contributed by atoms with Crippen LogP contribution in [0.1, 0.15) is 26.3 Å². The minimum absolute atomic E-state index is 0.0359. The Kier molecular flexibility index (Phi) is 6.60. The lowest BCUT2D eigenvalue weighted by atomic mass is 10.1. The van der Waals surface area contributed by atoms with Crippen molar-refractivity contribution >= 4 is 44.3 Å². The summed E-state index contributed by atoms with van der Waals surface area (Å²) in [6.45, 7) is -0.426. The Morgan fingerprint density at radius 3 is 2.48 bits per heavy atom. The van der Waals surface area contributed by atoms with Gasteiger partial charge in [-0.3, -0.25) is 4.79 Å². The standard InChI is InChI=1S/C24H19ClN2O5S/c25-20-11-10-17(12-23(20)33(30,31)27-13-16-6-2-1-3-7-16)24(29)32-15-22(28)19-14-26-21-9-5-4-8-18(19)21/h1-12,14,26-27H,13,15H2. The number of para-hydroxylation sites is 1. The van der Waals surface area contributed by atoms with E-state index in [0.717, 1.165) is 22.5 Å². The Balaban J connectivity index is 1.46. The maximum atomic E-state index is 12.7. The smallest absolute Gasteiger partial charge is 0.338 e. The molecule has 0 radical (unpaired) electrons. The van der Waals surface area contributed by atoms with Crippen molar-refractivity contribution in [3.8, 4) is 0 Å². The highest BCUT2D eigenvalue weighted by Crippen LogP contribution is 2.24. The topological polar surface area (TPSA) is 105 Å². The predicted octanol–water partition coefficient (Wildman–Crippen LogP) is 4.34. The molecule has 0 unspecified atom stereocenters. The van der Waals surface area contributed by atoms with Gasteiger partial charge in [-0.05, 0) is 29.8 Å². The molecule has 0 spiro atoms. The number of ether oxygens (including phenoxy) is 1. The maximum Gasteiger partial charge on any atom is 0.338 e. The normalized spacial score (nSPS) is 11.4. The van der Waals surface area contributed by atoms with Crippen LogP contribution in [-0.2, 0) is 21.3 Å². The van der Waals surface area contributed by atoms with Crippen molar-refractivity contribution in [3.63, 3.8) is 0 Å². The Morgan fingerprint density at radius 2 is 1.70 bits per heavy atom. The Labute approximate surface area is 195 Å². The molecular formula is C24H19ClN2O5S. The second-order valence-corrected chi connectivity index (χ2v) is 9.35. The van der Waals surface area contributed by atoms with Gasteiger partial charge >= 0.3 is 5.97 Å². The van der Waals surface area contributed by atoms with E-state index in [2.05, 4.69) is 9.71 Å². The molecule has 0 saturated carbocycles. The van der Waals surface area contributed by atoms with Crippen LogP contribution in [0.4, 0.5) is 0 Å². The predicted molar refractivity (Wildman–Crippen MR) is 125 cm³/mol. The van der Waals surface area contributed by atoms with Crippen LogP contribution in [0.2, 0.25) is 5.02 Å². The zero-order chi connectivity index (χ0) is 23.4. The molecule has 168 valence electrons. The fourth-order valence-electron chi connectivity index (χ4n) is 3.28. The van der Waals surface area contributed by atoms with E-state index in [1.54, 1.807) is 42.6 Å². The first kappa shape index (κ1) is 22.7. The number of carbonyl (C=O) groups excluding carboxylic acids is 2. The number of benzene rings is 3. The second-order valence-electron chi connectivity index (χ2n) is 7.20. The molecule has 4 aromatic rings. The molecule has 0 saturated heterocycles. The monoisotopic (exact) mass is 482 g/mol. The zero-order valence-corrected chi connectivity index (χ0v) is 18.8. The van der Waals surface area contributed by atoms with Crippen molar-refractivity contribution in [2.75, 3.05) is 6.61 Å². The largest absolute Gasteiger partial charge is 0.454 e. The molecule has 1 aromatic heterocycles. The van der Waals surface area contributed by atoms with E-state index < -0.39 is 22.6 Å². The van der Waals surface area contributed by atoms with Crippen molar-refractivity contribution in [3.05, 3.63) is 101 Å². The molecule has 0 fully saturated rings. The van der Waals surface area contributed by atoms with Crippen molar-refractivity contribution in [2.24, 2.45) is 0 Å². The summed E-state index contributed by atoms with van der Waals surface area (Å²) in [6, 6.07) is 20.0. The molecule has 0 amide bonds. The van der Waals surface area contributed by atoms with Gasteiger partial charge in [-0.1, -0.05) is 60.1 Å². The minimum Gasteiger partial charge on any atom is -0.454 e. The average Bonchev–Trinajstić information content (AvgIpc) is 3.26. The number of aromatic amines is 1. The van der Waals surface area contributed by atoms with Crippen LogP contribution in [0.3, 0.4) is 0 Å². The number of halogens is 1. The lowest BCUT2D eigenvalue weighted by Crippen LogP contribution is -2.24. The number of H-pyrrole nitrogens is 1. The van der Waals surface area contributed by atoms with Gasteiger partial charge in [-0.25, -0.2) is 17.9 Å². The average molecular weight is 483 g/mol. The van der Waals surface area contributed by atoms with Crippen LogP contribution in [0, 0.1) is 0 Å². The summed E-state index contributed by atoms with van der Waals surface area (Å²) < 4.78 is 33.1. The molecule has 3 aromatic carbocycles. The molecule has 7 nitrogen and oxygen atoms in total. The molecule has 1 heterocycles. The number of sulfonamides is 1. The van der Waals surface area contributed by atoms with Gasteiger partial charge in [0, 0.05) is 29.2 Å². The fourth-order valence-corrected chi connectivity index (χ4v) is 4.82. The van der Waals surface area contributed by atoms with Gasteiger partial charge in [0.1, 0.15) is 4.90 Å². The Hall–Kier alpha value is -3.46. The van der Waals surface area contributed by atoms with E-state index >= 15 is 0 Å². The number of Topliss-reactive ketones (excluding diaryl/α,β-unsaturated/α-hetero) is 1. The lowest BCUT2D eigenvalue weighted by molar-refractivity contribution is 0.0475. The summed E-state index contributed by atoms with van der Waals surface area (Å²) in [5.41, 5.74) is 1.93. The van der Waals surface area contributed by atoms with E-state index in [9.17, 15) is 18.0 Å². The third kappa shape index (κ3) is 5.14. The number of nitrogens with one attached hydrogen (secondary N) is 2. The number of hydrogen-bond acceptors (Lipinski definition) is 5. The summed E-state index contributed by atoms with van der Waals surface area (Å²) >= 11 is 6.09. The minimum atomic E-state index is -4.00. The van der Waals surface area contributed by atoms with Crippen LogP contribution < -0.4 is 4.72 Å². The zero-order valence-electron chi connectivity index (χ0n) is 17.2. The quantitative estimate of drug-likeness (QED) is 0.287. The highest BCUT2D eigenvalue weighted by molar-refractivity contribution is 7.89. The van der Waals surface area contributed by atoms with Gasteiger partial charge in [0.25, 0.3) is 0 Å². The molecule has 2 N–H and O–H groups in total. The molecule has 4 rings (SSSR count). The first-order valence-corrected chi connectivity index (χ1v) is 11.8. The highest BCUT2D eigenvalue weighted by Gasteiger charge is 2.21. The van der Waals surface area contributed by atoms with Gasteiger partial charge < -0.3 is 9.72 Å². The fraction of sp³-hybridized carbons (Fsp3) is 0.0833. The first-order chi connectivity index (χ1) is 15.8. The number of esters is 1. The van der Waals surface area contributed by atoms with Gasteiger partial charge in [0.15, 0.2) is 6.61 Å². The molecule has 0 atom stereocenters. The molecule has 0 bridgehead atoms. The van der Waals surface area contributed by atoms with Gasteiger partial charge in [-0.2, -0.15) is 0 Å². The van der Waals surface area contributed by atoms with Crippen LogP contribution >= 0.6 is 11.6 Å². The summed E-state index contributed by atoms with van der Waals surface area (Å²) in [5, 5.41) is 0.685. The van der Waals surface area contributed by atoms with E-state index in [1.165, 1.54) is 12.1 Å². The van der Waals surface area contributed by atoms with E-state index in [4.69, 9.17) is 16.3 Å². The number of carbonyl (C=O) groups is 2. The van der Waals surface area contributed by atoms with Crippen molar-refractivity contribution in [1.82, 2.24) is 9.71 Å². The van der Waals surface area contributed by atoms with Gasteiger partial charge in [0.2, 0.25) is 15.8 Å². The number of fused-ring (bicyclic) bond motifs is 1. The molecular weight excluding hydrogens is 464 g/mol. The van der Waals surface area contributed by atoms with Crippen molar-refractivity contribution < 1.29 is 22.7 Å². The second kappa shape index (κ2) is 9.58. The lowest BCUT2D eigenvalue weighted by Gasteiger charge is -2.10. The summed E-state index contributed by atoms with van der Waals surface area (Å²) in [7, 11) is -4.00. The van der Waals surface area contributed by atoms with Crippen molar-refractivity contribution in [1.29, 1.82) is 0 Å². The summed E-state index contributed by atoms with van der Waals surface area (Å²) in [6.07, 6.45) is 1.56. The van der Waals surface area contributed by atoms with Gasteiger partial charge in [-0.15, -0.1) is 0 Å². The van der Waals surface area contributed by atoms with Crippen LogP contribution in [-0.4, -0.2) is 31.8 Å². The molecule has 0 aliphatic heterocycles. The Bertz CT molecular complexity index is 1430.